The average Bonchev–Trinajstić information content (AvgIpc) is 3.12. The first-order valence-electron chi connectivity index (χ1n) is 14.6. The van der Waals surface area contributed by atoms with Crippen molar-refractivity contribution in [2.75, 3.05) is 20.1 Å². The molecular weight excluding hydrogens is 744 g/mol. The molecule has 0 fully saturated rings. The molecule has 0 aliphatic heterocycles. The number of allylic oxidation sites excluding steroid dienone is 10. The van der Waals surface area contributed by atoms with Gasteiger partial charge < -0.3 is 10.6 Å². The molecule has 4 N–H and O–H groups in total. The van der Waals surface area contributed by atoms with E-state index in [4.69, 9.17) is 0 Å². The first-order valence-corrected chi connectivity index (χ1v) is 17.6. The van der Waals surface area contributed by atoms with E-state index in [0.717, 1.165) is 0 Å². The first kappa shape index (κ1) is 37.8. The number of benzene rings is 2. The Morgan fingerprint density at radius 1 is 0.490 bits per heavy atom. The smallest absolute Gasteiger partial charge is 0.264 e. The number of nitrogens with zero attached hydrogens (tertiary/aromatic N) is 4. The summed E-state index contributed by atoms with van der Waals surface area (Å²) in [7, 11) is -7.53. The molecule has 4 aromatic rings. The summed E-state index contributed by atoms with van der Waals surface area (Å²) in [6.45, 7) is 0. The minimum atomic E-state index is -3.77. The van der Waals surface area contributed by atoms with E-state index in [-0.39, 0.29) is 50.3 Å². The molecule has 0 atom stereocenters. The second kappa shape index (κ2) is 17.6. The van der Waals surface area contributed by atoms with Crippen molar-refractivity contribution in [3.63, 3.8) is 0 Å². The van der Waals surface area contributed by atoms with Gasteiger partial charge in [0.05, 0.1) is 9.79 Å². The monoisotopic (exact) mass is 771 g/mol. The van der Waals surface area contributed by atoms with Gasteiger partial charge in [-0.15, -0.1) is 0 Å². The summed E-state index contributed by atoms with van der Waals surface area (Å²) < 4.78 is 53.7. The van der Waals surface area contributed by atoms with Crippen LogP contribution in [0.4, 0.5) is 23.3 Å². The minimum absolute atomic E-state index is 0. The summed E-state index contributed by atoms with van der Waals surface area (Å²) >= 11 is 0. The summed E-state index contributed by atoms with van der Waals surface area (Å²) in [4.78, 5) is 38.7. The summed E-state index contributed by atoms with van der Waals surface area (Å²) in [5, 5.41) is 5.93. The third-order valence-corrected chi connectivity index (χ3v) is 9.23. The molecule has 2 heterocycles. The van der Waals surface area contributed by atoms with Gasteiger partial charge in [0.2, 0.25) is 11.9 Å². The number of aromatic nitrogens is 4. The van der Waals surface area contributed by atoms with E-state index in [1.54, 1.807) is 85.3 Å². The molecule has 2 aliphatic carbocycles. The maximum absolute atomic E-state index is 12.3. The molecule has 2 aliphatic rings. The van der Waals surface area contributed by atoms with Crippen molar-refractivity contribution in [1.82, 2.24) is 19.9 Å². The number of carbonyl (C=O) groups is 2. The third-order valence-electron chi connectivity index (χ3n) is 6.54. The second-order valence-corrected chi connectivity index (χ2v) is 13.4. The summed E-state index contributed by atoms with van der Waals surface area (Å²) in [5.74, 6) is -0.183. The summed E-state index contributed by atoms with van der Waals surface area (Å²) in [5.41, 5.74) is 2.33. The Morgan fingerprint density at radius 3 is 1.16 bits per heavy atom. The fourth-order valence-electron chi connectivity index (χ4n) is 4.04. The Hall–Kier alpha value is -6.00. The molecule has 0 saturated heterocycles. The van der Waals surface area contributed by atoms with E-state index in [1.807, 2.05) is 0 Å². The van der Waals surface area contributed by atoms with Crippen LogP contribution in [0.3, 0.4) is 0 Å². The molecule has 2 aromatic heterocycles. The standard InChI is InChI=1S/2C17H14N4O3S.Cu/c2*22-16-5-2-1-4-13(16)12-20-14-6-8-15(9-7-14)25(23,24)21-17-18-10-3-11-19-17;/h2*1-12,20H,(H,18,19,21);/b2*13-12+;. The number of carbonyl (C=O) groups excluding carboxylic acids is 2. The number of nitrogens with one attached hydrogen (secondary N) is 4. The topological polar surface area (TPSA) is 202 Å². The Kier molecular flexibility index (Phi) is 13.0. The maximum atomic E-state index is 12.3. The predicted molar refractivity (Wildman–Crippen MR) is 189 cm³/mol. The van der Waals surface area contributed by atoms with Gasteiger partial charge in [-0.2, -0.15) is 0 Å². The molecule has 0 amide bonds. The van der Waals surface area contributed by atoms with E-state index in [0.29, 0.717) is 22.5 Å². The number of rotatable bonds is 10. The van der Waals surface area contributed by atoms with Gasteiger partial charge in [0.15, 0.2) is 11.6 Å². The Balaban J connectivity index is 0.000000224. The minimum Gasteiger partial charge on any atom is -0.361 e. The SMILES string of the molecule is O=C1C=CC=C/C1=C\Nc1ccc(S(=O)(=O)Nc2ncccn2)cc1.O=C1C=CC=C/C1=C\Nc1ccc(S(=O)(=O)Nc2ncccn2)cc1.[Cu]. The predicted octanol–water partition coefficient (Wildman–Crippen LogP) is 4.53. The van der Waals surface area contributed by atoms with Crippen molar-refractivity contribution >= 4 is 54.9 Å². The van der Waals surface area contributed by atoms with Crippen molar-refractivity contribution in [3.8, 4) is 0 Å². The molecular formula is C34H28CuN8O6S2. The van der Waals surface area contributed by atoms with Gasteiger partial charge in [-0.25, -0.2) is 46.2 Å². The van der Waals surface area contributed by atoms with Crippen molar-refractivity contribution in [1.29, 1.82) is 0 Å². The number of ketones is 2. The van der Waals surface area contributed by atoms with Gasteiger partial charge in [-0.3, -0.25) is 9.59 Å². The number of anilines is 4. The van der Waals surface area contributed by atoms with E-state index < -0.39 is 20.0 Å². The molecule has 17 heteroatoms. The van der Waals surface area contributed by atoms with Crippen molar-refractivity contribution in [2.24, 2.45) is 0 Å². The molecule has 6 rings (SSSR count). The van der Waals surface area contributed by atoms with Crippen LogP contribution in [0, 0.1) is 0 Å². The molecule has 263 valence electrons. The third kappa shape index (κ3) is 11.0. The van der Waals surface area contributed by atoms with Gasteiger partial charge in [0.1, 0.15) is 0 Å². The van der Waals surface area contributed by atoms with E-state index in [9.17, 15) is 26.4 Å². The zero-order valence-corrected chi connectivity index (χ0v) is 28.8. The van der Waals surface area contributed by atoms with Crippen LogP contribution >= 0.6 is 0 Å². The van der Waals surface area contributed by atoms with E-state index in [1.165, 1.54) is 61.2 Å². The van der Waals surface area contributed by atoms with Crippen LogP contribution in [0.2, 0.25) is 0 Å². The fourth-order valence-corrected chi connectivity index (χ4v) is 5.96. The van der Waals surface area contributed by atoms with Gasteiger partial charge in [0, 0.05) is 76.8 Å². The van der Waals surface area contributed by atoms with Crippen molar-refractivity contribution < 1.29 is 43.5 Å². The van der Waals surface area contributed by atoms with Gasteiger partial charge in [-0.1, -0.05) is 24.3 Å². The second-order valence-electron chi connectivity index (χ2n) is 10.1. The zero-order valence-electron chi connectivity index (χ0n) is 26.2. The van der Waals surface area contributed by atoms with Crippen molar-refractivity contribution in [3.05, 3.63) is 158 Å². The molecule has 2 aromatic carbocycles. The summed E-state index contributed by atoms with van der Waals surface area (Å²) in [6.07, 6.45) is 22.1. The van der Waals surface area contributed by atoms with E-state index in [2.05, 4.69) is 40.0 Å². The average molecular weight is 772 g/mol. The quantitative estimate of drug-likeness (QED) is 0.130. The van der Waals surface area contributed by atoms with Crippen LogP contribution in [-0.4, -0.2) is 48.3 Å². The zero-order chi connectivity index (χ0) is 35.4. The first-order chi connectivity index (χ1) is 24.1. The number of hydrogen-bond donors (Lipinski definition) is 4. The van der Waals surface area contributed by atoms with Crippen LogP contribution in [0.15, 0.2) is 167 Å². The Labute approximate surface area is 304 Å². The van der Waals surface area contributed by atoms with Crippen LogP contribution < -0.4 is 20.1 Å². The van der Waals surface area contributed by atoms with Gasteiger partial charge in [-0.05, 0) is 85.0 Å². The molecule has 0 saturated carbocycles. The van der Waals surface area contributed by atoms with Crippen molar-refractivity contribution in [2.45, 2.75) is 9.79 Å². The molecule has 0 bridgehead atoms. The Bertz CT molecular complexity index is 2100. The van der Waals surface area contributed by atoms with E-state index >= 15 is 0 Å². The molecule has 0 spiro atoms. The van der Waals surface area contributed by atoms with Crippen LogP contribution in [-0.2, 0) is 46.7 Å². The van der Waals surface area contributed by atoms with Gasteiger partial charge >= 0.3 is 0 Å². The van der Waals surface area contributed by atoms with Crippen LogP contribution in [0.25, 0.3) is 0 Å². The normalized spacial score (nSPS) is 15.1. The number of hydrogen-bond acceptors (Lipinski definition) is 12. The van der Waals surface area contributed by atoms with Gasteiger partial charge in [0.25, 0.3) is 20.0 Å². The Morgan fingerprint density at radius 2 is 0.824 bits per heavy atom. The molecule has 51 heavy (non-hydrogen) atoms. The molecule has 1 radical (unpaired) electrons. The van der Waals surface area contributed by atoms with Crippen LogP contribution in [0.1, 0.15) is 0 Å². The number of sulfonamides is 2. The fraction of sp³-hybridized carbons (Fsp3) is 0. The van der Waals surface area contributed by atoms with Crippen LogP contribution in [0.5, 0.6) is 0 Å². The molecule has 14 nitrogen and oxygen atoms in total. The molecule has 0 unspecified atom stereocenters. The largest absolute Gasteiger partial charge is 0.361 e. The summed E-state index contributed by atoms with van der Waals surface area (Å²) in [6, 6.07) is 15.4. The maximum Gasteiger partial charge on any atom is 0.264 e.